The van der Waals surface area contributed by atoms with Crippen molar-refractivity contribution in [2.45, 2.75) is 32.6 Å². The van der Waals surface area contributed by atoms with Crippen LogP contribution in [-0.4, -0.2) is 5.91 Å². The average Bonchev–Trinajstić information content (AvgIpc) is 2.60. The van der Waals surface area contributed by atoms with E-state index in [1.807, 2.05) is 12.1 Å². The summed E-state index contributed by atoms with van der Waals surface area (Å²) in [4.78, 5) is 12.0. The molecular formula is C13H16BrNO. The molecule has 0 radical (unpaired) electrons. The number of carbonyl (C=O) groups excluding carboxylic acids is 1. The maximum absolute atomic E-state index is 12.0. The normalized spacial score (nSPS) is 18.8. The van der Waals surface area contributed by atoms with Gasteiger partial charge < -0.3 is 5.32 Å². The van der Waals surface area contributed by atoms with Gasteiger partial charge in [0.2, 0.25) is 5.91 Å². The highest BCUT2D eigenvalue weighted by atomic mass is 79.9. The van der Waals surface area contributed by atoms with Crippen LogP contribution in [0.15, 0.2) is 22.7 Å². The molecule has 1 amide bonds. The van der Waals surface area contributed by atoms with Crippen molar-refractivity contribution < 1.29 is 4.79 Å². The second-order valence-electron chi connectivity index (χ2n) is 4.25. The predicted molar refractivity (Wildman–Crippen MR) is 69.6 cm³/mol. The van der Waals surface area contributed by atoms with Gasteiger partial charge in [-0.3, -0.25) is 4.79 Å². The zero-order valence-corrected chi connectivity index (χ0v) is 11.2. The van der Waals surface area contributed by atoms with E-state index in [0.717, 1.165) is 28.6 Å². The third kappa shape index (κ3) is 1.77. The number of hydrogen-bond acceptors (Lipinski definition) is 1. The van der Waals surface area contributed by atoms with Crippen LogP contribution in [0.1, 0.15) is 38.2 Å². The third-order valence-electron chi connectivity index (χ3n) is 3.43. The molecule has 0 fully saturated rings. The van der Waals surface area contributed by atoms with Crippen molar-refractivity contribution in [3.63, 3.8) is 0 Å². The molecule has 0 aromatic heterocycles. The number of fused-ring (bicyclic) bond motifs is 1. The van der Waals surface area contributed by atoms with Gasteiger partial charge in [0.25, 0.3) is 0 Å². The van der Waals surface area contributed by atoms with Crippen LogP contribution in [-0.2, 0) is 4.79 Å². The first kappa shape index (κ1) is 11.6. The summed E-state index contributed by atoms with van der Waals surface area (Å²) in [6.07, 6.45) is 2.08. The first-order chi connectivity index (χ1) is 7.69. The number of anilines is 1. The number of carbonyl (C=O) groups is 1. The molecule has 0 saturated heterocycles. The fraction of sp³-hybridized carbons (Fsp3) is 0.462. The number of para-hydroxylation sites is 1. The smallest absolute Gasteiger partial charge is 0.232 e. The summed E-state index contributed by atoms with van der Waals surface area (Å²) in [6.45, 7) is 4.30. The highest BCUT2D eigenvalue weighted by Gasteiger charge is 2.35. The highest BCUT2D eigenvalue weighted by Crippen LogP contribution is 2.42. The van der Waals surface area contributed by atoms with E-state index < -0.39 is 0 Å². The monoisotopic (exact) mass is 281 g/mol. The maximum Gasteiger partial charge on any atom is 0.232 e. The molecular weight excluding hydrogens is 266 g/mol. The van der Waals surface area contributed by atoms with Crippen molar-refractivity contribution >= 4 is 27.5 Å². The number of amides is 1. The Morgan fingerprint density at radius 1 is 1.38 bits per heavy atom. The molecule has 0 saturated carbocycles. The number of rotatable bonds is 3. The first-order valence-electron chi connectivity index (χ1n) is 5.78. The van der Waals surface area contributed by atoms with Crippen LogP contribution >= 0.6 is 15.9 Å². The van der Waals surface area contributed by atoms with E-state index in [-0.39, 0.29) is 11.8 Å². The minimum absolute atomic E-state index is 0.0301. The molecule has 2 nitrogen and oxygen atoms in total. The van der Waals surface area contributed by atoms with Crippen molar-refractivity contribution in [2.24, 2.45) is 5.92 Å². The van der Waals surface area contributed by atoms with E-state index in [9.17, 15) is 4.79 Å². The zero-order valence-electron chi connectivity index (χ0n) is 9.59. The number of nitrogens with one attached hydrogen (secondary N) is 1. The van der Waals surface area contributed by atoms with Gasteiger partial charge in [-0.2, -0.15) is 0 Å². The Labute approximate surface area is 105 Å². The van der Waals surface area contributed by atoms with Gasteiger partial charge in [-0.15, -0.1) is 0 Å². The summed E-state index contributed by atoms with van der Waals surface area (Å²) in [5.74, 6) is 0.619. The molecule has 1 heterocycles. The van der Waals surface area contributed by atoms with Crippen molar-refractivity contribution in [2.75, 3.05) is 5.32 Å². The van der Waals surface area contributed by atoms with Crippen LogP contribution in [0, 0.1) is 5.92 Å². The molecule has 1 aliphatic heterocycles. The summed E-state index contributed by atoms with van der Waals surface area (Å²) < 4.78 is 0.979. The van der Waals surface area contributed by atoms with Gasteiger partial charge in [0.05, 0.1) is 11.6 Å². The predicted octanol–water partition coefficient (Wildman–Crippen LogP) is 3.92. The molecule has 0 spiro atoms. The largest absolute Gasteiger partial charge is 0.324 e. The molecule has 3 heteroatoms. The van der Waals surface area contributed by atoms with Crippen LogP contribution in [0.3, 0.4) is 0 Å². The molecule has 0 aliphatic carbocycles. The molecule has 1 N–H and O–H groups in total. The van der Waals surface area contributed by atoms with Crippen LogP contribution in [0.5, 0.6) is 0 Å². The van der Waals surface area contributed by atoms with Gasteiger partial charge in [0, 0.05) is 4.47 Å². The van der Waals surface area contributed by atoms with Crippen molar-refractivity contribution in [3.8, 4) is 0 Å². The zero-order chi connectivity index (χ0) is 11.7. The van der Waals surface area contributed by atoms with E-state index in [4.69, 9.17) is 0 Å². The lowest BCUT2D eigenvalue weighted by atomic mass is 9.83. The molecule has 1 atom stereocenters. The molecule has 2 rings (SSSR count). The molecule has 1 aromatic rings. The minimum atomic E-state index is 0.0301. The second kappa shape index (κ2) is 4.58. The summed E-state index contributed by atoms with van der Waals surface area (Å²) in [6, 6.07) is 6.02. The quantitative estimate of drug-likeness (QED) is 0.894. The maximum atomic E-state index is 12.0. The first-order valence-corrected chi connectivity index (χ1v) is 6.57. The van der Waals surface area contributed by atoms with Crippen molar-refractivity contribution in [1.29, 1.82) is 0 Å². The Balaban J connectivity index is 2.43. The van der Waals surface area contributed by atoms with E-state index in [2.05, 4.69) is 41.2 Å². The number of benzene rings is 1. The third-order valence-corrected chi connectivity index (χ3v) is 4.09. The van der Waals surface area contributed by atoms with E-state index in [0.29, 0.717) is 5.92 Å². The number of halogens is 1. The Morgan fingerprint density at radius 2 is 2.06 bits per heavy atom. The molecule has 16 heavy (non-hydrogen) atoms. The lowest BCUT2D eigenvalue weighted by Gasteiger charge is -2.18. The van der Waals surface area contributed by atoms with Crippen LogP contribution < -0.4 is 5.32 Å². The summed E-state index contributed by atoms with van der Waals surface area (Å²) >= 11 is 3.48. The lowest BCUT2D eigenvalue weighted by Crippen LogP contribution is -2.19. The lowest BCUT2D eigenvalue weighted by molar-refractivity contribution is -0.118. The average molecular weight is 282 g/mol. The summed E-state index contributed by atoms with van der Waals surface area (Å²) in [5, 5.41) is 2.98. The fourth-order valence-corrected chi connectivity index (χ4v) is 2.98. The number of hydrogen-bond donors (Lipinski definition) is 1. The van der Waals surface area contributed by atoms with Gasteiger partial charge in [-0.1, -0.05) is 38.8 Å². The summed E-state index contributed by atoms with van der Waals surface area (Å²) in [7, 11) is 0. The van der Waals surface area contributed by atoms with Crippen LogP contribution in [0.4, 0.5) is 5.69 Å². The Kier molecular flexibility index (Phi) is 3.33. The van der Waals surface area contributed by atoms with Crippen LogP contribution in [0.2, 0.25) is 0 Å². The molecule has 1 unspecified atom stereocenters. The molecule has 1 aromatic carbocycles. The van der Waals surface area contributed by atoms with Gasteiger partial charge in [0.15, 0.2) is 0 Å². The van der Waals surface area contributed by atoms with E-state index >= 15 is 0 Å². The molecule has 1 aliphatic rings. The van der Waals surface area contributed by atoms with Gasteiger partial charge in [-0.05, 0) is 33.5 Å². The van der Waals surface area contributed by atoms with Gasteiger partial charge >= 0.3 is 0 Å². The highest BCUT2D eigenvalue weighted by molar-refractivity contribution is 9.10. The van der Waals surface area contributed by atoms with Crippen molar-refractivity contribution in [1.82, 2.24) is 0 Å². The Bertz CT molecular complexity index is 412. The molecule has 86 valence electrons. The van der Waals surface area contributed by atoms with E-state index in [1.165, 1.54) is 0 Å². The standard InChI is InChI=1S/C13H16BrNO/c1-3-8(4-2)11-9-6-5-7-10(14)12(9)15-13(11)16/h5-8,11H,3-4H2,1-2H3,(H,15,16). The minimum Gasteiger partial charge on any atom is -0.324 e. The second-order valence-corrected chi connectivity index (χ2v) is 5.10. The Morgan fingerprint density at radius 3 is 2.69 bits per heavy atom. The fourth-order valence-electron chi connectivity index (χ4n) is 2.50. The van der Waals surface area contributed by atoms with Crippen molar-refractivity contribution in [3.05, 3.63) is 28.2 Å². The molecule has 0 bridgehead atoms. The summed E-state index contributed by atoms with van der Waals surface area (Å²) in [5.41, 5.74) is 2.11. The van der Waals surface area contributed by atoms with Crippen LogP contribution in [0.25, 0.3) is 0 Å². The topological polar surface area (TPSA) is 29.1 Å². The van der Waals surface area contributed by atoms with Gasteiger partial charge in [0.1, 0.15) is 0 Å². The van der Waals surface area contributed by atoms with Gasteiger partial charge in [-0.25, -0.2) is 0 Å². The SMILES string of the molecule is CCC(CC)C1C(=O)Nc2c(Br)cccc21. The van der Waals surface area contributed by atoms with E-state index in [1.54, 1.807) is 0 Å². The Hall–Kier alpha value is -0.830.